The molecule has 0 bridgehead atoms. The minimum absolute atomic E-state index is 1.14. The molecule has 0 amide bonds. The molecule has 0 atom stereocenters. The van der Waals surface area contributed by atoms with E-state index in [0.29, 0.717) is 0 Å². The summed E-state index contributed by atoms with van der Waals surface area (Å²) in [5, 5.41) is 5.06. The van der Waals surface area contributed by atoms with Gasteiger partial charge in [-0.25, -0.2) is 0 Å². The summed E-state index contributed by atoms with van der Waals surface area (Å²) < 4.78 is 4.77. The first-order valence-corrected chi connectivity index (χ1v) is 21.3. The Labute approximate surface area is 360 Å². The lowest BCUT2D eigenvalue weighted by Gasteiger charge is -2.17. The Morgan fingerprint density at radius 1 is 0.194 bits per heavy atom. The molecule has 0 unspecified atom stereocenters. The Bertz CT molecular complexity index is 3490. The van der Waals surface area contributed by atoms with Gasteiger partial charge >= 0.3 is 0 Å². The number of fused-ring (bicyclic) bond motifs is 6. The number of hydrogen-bond donors (Lipinski definition) is 0. The molecule has 62 heavy (non-hydrogen) atoms. The van der Waals surface area contributed by atoms with Crippen LogP contribution >= 0.6 is 0 Å². The quantitative estimate of drug-likeness (QED) is 0.152. The van der Waals surface area contributed by atoms with E-state index in [1.54, 1.807) is 0 Å². The largest absolute Gasteiger partial charge is 0.309 e. The second-order valence-electron chi connectivity index (χ2n) is 16.1. The van der Waals surface area contributed by atoms with Crippen molar-refractivity contribution in [2.24, 2.45) is 0 Å². The Morgan fingerprint density at radius 2 is 0.468 bits per heavy atom. The van der Waals surface area contributed by atoms with Crippen LogP contribution in [0.1, 0.15) is 0 Å². The molecular weight excluding hydrogens is 749 g/mol. The molecule has 2 heterocycles. The maximum Gasteiger partial charge on any atom is 0.0541 e. The minimum atomic E-state index is 1.14. The first kappa shape index (κ1) is 35.7. The van der Waals surface area contributed by atoms with E-state index in [1.807, 2.05) is 0 Å². The van der Waals surface area contributed by atoms with Gasteiger partial charge in [0.1, 0.15) is 0 Å². The molecule has 0 aliphatic rings. The molecule has 12 aromatic rings. The van der Waals surface area contributed by atoms with Crippen LogP contribution in [-0.2, 0) is 0 Å². The molecule has 0 spiro atoms. The summed E-state index contributed by atoms with van der Waals surface area (Å²) in [5.74, 6) is 0. The van der Waals surface area contributed by atoms with Crippen LogP contribution in [0.5, 0.6) is 0 Å². The van der Waals surface area contributed by atoms with E-state index in [2.05, 4.69) is 252 Å². The fraction of sp³-hybridized carbons (Fsp3) is 0. The van der Waals surface area contributed by atoms with Crippen molar-refractivity contribution in [2.45, 2.75) is 0 Å². The zero-order chi connectivity index (χ0) is 41.0. The highest BCUT2D eigenvalue weighted by Crippen LogP contribution is 2.41. The van der Waals surface area contributed by atoms with Gasteiger partial charge in [0, 0.05) is 32.9 Å². The van der Waals surface area contributed by atoms with Crippen LogP contribution in [-0.4, -0.2) is 9.13 Å². The SMILES string of the molecule is c1ccc(-c2ccc(-c3ccc(-c4ccc(-n5c6ccccc6c6ccccc65)cc4)c(-c4ccc(-n5c6ccccc6c6ccccc65)cc4)c3)cc2-c2ccccc2)cc1. The molecule has 290 valence electrons. The molecule has 12 rings (SSSR count). The van der Waals surface area contributed by atoms with Crippen molar-refractivity contribution in [3.63, 3.8) is 0 Å². The van der Waals surface area contributed by atoms with Crippen molar-refractivity contribution in [3.8, 4) is 67.0 Å². The highest BCUT2D eigenvalue weighted by molar-refractivity contribution is 6.10. The second kappa shape index (κ2) is 14.8. The molecule has 0 aliphatic carbocycles. The molecule has 0 N–H and O–H groups in total. The predicted molar refractivity (Wildman–Crippen MR) is 262 cm³/mol. The minimum Gasteiger partial charge on any atom is -0.309 e. The molecule has 0 saturated carbocycles. The van der Waals surface area contributed by atoms with E-state index >= 15 is 0 Å². The zero-order valence-corrected chi connectivity index (χ0v) is 34.0. The van der Waals surface area contributed by atoms with E-state index in [0.717, 1.165) is 11.4 Å². The van der Waals surface area contributed by atoms with Crippen LogP contribution in [0.2, 0.25) is 0 Å². The maximum absolute atomic E-state index is 2.39. The van der Waals surface area contributed by atoms with Crippen molar-refractivity contribution in [2.75, 3.05) is 0 Å². The zero-order valence-electron chi connectivity index (χ0n) is 34.0. The lowest BCUT2D eigenvalue weighted by molar-refractivity contribution is 1.18. The van der Waals surface area contributed by atoms with Crippen LogP contribution in [0.3, 0.4) is 0 Å². The van der Waals surface area contributed by atoms with E-state index in [9.17, 15) is 0 Å². The van der Waals surface area contributed by atoms with Crippen LogP contribution < -0.4 is 0 Å². The summed E-state index contributed by atoms with van der Waals surface area (Å²) >= 11 is 0. The van der Waals surface area contributed by atoms with E-state index < -0.39 is 0 Å². The van der Waals surface area contributed by atoms with E-state index in [-0.39, 0.29) is 0 Å². The van der Waals surface area contributed by atoms with Crippen LogP contribution in [0, 0.1) is 0 Å². The van der Waals surface area contributed by atoms with E-state index in [4.69, 9.17) is 0 Å². The van der Waals surface area contributed by atoms with Gasteiger partial charge in [-0.05, 0) is 116 Å². The van der Waals surface area contributed by atoms with Gasteiger partial charge in [0.05, 0.1) is 22.1 Å². The van der Waals surface area contributed by atoms with E-state index in [1.165, 1.54) is 99.2 Å². The number of nitrogens with zero attached hydrogens (tertiary/aromatic N) is 2. The van der Waals surface area contributed by atoms with Crippen molar-refractivity contribution in [1.29, 1.82) is 0 Å². The number of benzene rings is 10. The van der Waals surface area contributed by atoms with Gasteiger partial charge < -0.3 is 9.13 Å². The van der Waals surface area contributed by atoms with Gasteiger partial charge in [-0.15, -0.1) is 0 Å². The Hall–Kier alpha value is -8.20. The lowest BCUT2D eigenvalue weighted by Crippen LogP contribution is -1.95. The molecule has 0 saturated heterocycles. The number of hydrogen-bond acceptors (Lipinski definition) is 0. The highest BCUT2D eigenvalue weighted by Gasteiger charge is 2.17. The van der Waals surface area contributed by atoms with Crippen molar-refractivity contribution >= 4 is 43.6 Å². The van der Waals surface area contributed by atoms with Crippen LogP contribution in [0.4, 0.5) is 0 Å². The van der Waals surface area contributed by atoms with Gasteiger partial charge in [-0.2, -0.15) is 0 Å². The van der Waals surface area contributed by atoms with Crippen LogP contribution in [0.25, 0.3) is 111 Å². The summed E-state index contributed by atoms with van der Waals surface area (Å²) in [6.45, 7) is 0. The monoisotopic (exact) mass is 788 g/mol. The standard InChI is InChI=1S/C60H40N2/c1-3-15-41(16-4-1)49-37-31-45(39-55(49)42-17-5-2-6-18-42)46-32-38-50(43-27-33-47(34-28-43)61-57-23-11-7-19-51(57)52-20-8-12-24-58(52)61)56(40-46)44-29-35-48(36-30-44)62-59-25-13-9-21-53(59)54-22-10-14-26-60(54)62/h1-40H. The molecule has 10 aromatic carbocycles. The number of rotatable bonds is 7. The molecular formula is C60H40N2. The normalized spacial score (nSPS) is 11.5. The fourth-order valence-corrected chi connectivity index (χ4v) is 9.65. The van der Waals surface area contributed by atoms with Gasteiger partial charge in [-0.3, -0.25) is 0 Å². The average molecular weight is 789 g/mol. The molecule has 0 radical (unpaired) electrons. The molecule has 2 aromatic heterocycles. The average Bonchev–Trinajstić information content (AvgIpc) is 3.87. The highest BCUT2D eigenvalue weighted by atomic mass is 15.0. The van der Waals surface area contributed by atoms with Crippen molar-refractivity contribution in [1.82, 2.24) is 9.13 Å². The Morgan fingerprint density at radius 3 is 0.839 bits per heavy atom. The van der Waals surface area contributed by atoms with Crippen LogP contribution in [0.15, 0.2) is 243 Å². The molecule has 0 fully saturated rings. The fourth-order valence-electron chi connectivity index (χ4n) is 9.65. The molecule has 0 aliphatic heterocycles. The summed E-state index contributed by atoms with van der Waals surface area (Å²) in [7, 11) is 0. The smallest absolute Gasteiger partial charge is 0.0541 e. The topological polar surface area (TPSA) is 9.86 Å². The van der Waals surface area contributed by atoms with Gasteiger partial charge in [0.25, 0.3) is 0 Å². The summed E-state index contributed by atoms with van der Waals surface area (Å²) in [5.41, 5.74) is 19.1. The second-order valence-corrected chi connectivity index (χ2v) is 16.1. The first-order chi connectivity index (χ1) is 30.8. The third-order valence-corrected chi connectivity index (χ3v) is 12.6. The summed E-state index contributed by atoms with van der Waals surface area (Å²) in [4.78, 5) is 0. The first-order valence-electron chi connectivity index (χ1n) is 21.3. The van der Waals surface area contributed by atoms with Gasteiger partial charge in [0.15, 0.2) is 0 Å². The van der Waals surface area contributed by atoms with Crippen molar-refractivity contribution in [3.05, 3.63) is 243 Å². The Kier molecular flexibility index (Phi) is 8.53. The third-order valence-electron chi connectivity index (χ3n) is 12.6. The third kappa shape index (κ3) is 5.96. The maximum atomic E-state index is 2.39. The van der Waals surface area contributed by atoms with Gasteiger partial charge in [-0.1, -0.05) is 182 Å². The molecule has 2 heteroatoms. The number of para-hydroxylation sites is 4. The summed E-state index contributed by atoms with van der Waals surface area (Å²) in [6, 6.07) is 88.4. The summed E-state index contributed by atoms with van der Waals surface area (Å²) in [6.07, 6.45) is 0. The Balaban J connectivity index is 1.01. The number of aromatic nitrogens is 2. The van der Waals surface area contributed by atoms with Crippen molar-refractivity contribution < 1.29 is 0 Å². The molecule has 2 nitrogen and oxygen atoms in total. The predicted octanol–water partition coefficient (Wildman–Crippen LogP) is 16.2. The lowest BCUT2D eigenvalue weighted by atomic mass is 9.88. The van der Waals surface area contributed by atoms with Gasteiger partial charge in [0.2, 0.25) is 0 Å².